The lowest BCUT2D eigenvalue weighted by Crippen LogP contribution is -2.18. The van der Waals surface area contributed by atoms with Gasteiger partial charge in [-0.05, 0) is 24.8 Å². The van der Waals surface area contributed by atoms with Gasteiger partial charge in [-0.15, -0.1) is 11.8 Å². The van der Waals surface area contributed by atoms with Gasteiger partial charge in [0, 0.05) is 17.6 Å². The van der Waals surface area contributed by atoms with Crippen LogP contribution < -0.4 is 0 Å². The monoisotopic (exact) mass is 307 g/mol. The van der Waals surface area contributed by atoms with Gasteiger partial charge in [0.05, 0.1) is 12.6 Å². The number of benzene rings is 1. The van der Waals surface area contributed by atoms with E-state index in [2.05, 4.69) is 22.2 Å². The van der Waals surface area contributed by atoms with Gasteiger partial charge in [-0.2, -0.15) is 5.10 Å². The Morgan fingerprint density at radius 1 is 1.33 bits per heavy atom. The van der Waals surface area contributed by atoms with Crippen molar-refractivity contribution in [1.29, 1.82) is 0 Å². The Kier molecular flexibility index (Phi) is 5.78. The summed E-state index contributed by atoms with van der Waals surface area (Å²) in [6, 6.07) is 8.13. The maximum atomic E-state index is 9.82. The fraction of sp³-hybridized carbons (Fsp3) is 0.467. The fourth-order valence-corrected chi connectivity index (χ4v) is 2.36. The van der Waals surface area contributed by atoms with E-state index in [9.17, 15) is 5.11 Å². The normalized spacial score (nSPS) is 12.6. The molecule has 2 aromatic rings. The predicted octanol–water partition coefficient (Wildman–Crippen LogP) is 2.58. The van der Waals surface area contributed by atoms with Gasteiger partial charge in [-0.25, -0.2) is 9.67 Å². The number of aliphatic hydroxyl groups is 1. The van der Waals surface area contributed by atoms with E-state index >= 15 is 0 Å². The molecule has 5 nitrogen and oxygen atoms in total. The second-order valence-electron chi connectivity index (χ2n) is 4.76. The molecule has 0 saturated heterocycles. The van der Waals surface area contributed by atoms with Crippen molar-refractivity contribution in [2.75, 3.05) is 13.4 Å². The largest absolute Gasteiger partial charge is 0.391 e. The minimum Gasteiger partial charge on any atom is -0.391 e. The first kappa shape index (κ1) is 16.0. The molecule has 114 valence electrons. The Labute approximate surface area is 129 Å². The van der Waals surface area contributed by atoms with Crippen molar-refractivity contribution in [3.05, 3.63) is 30.1 Å². The number of hydrogen-bond donors (Lipinski definition) is 1. The van der Waals surface area contributed by atoms with E-state index in [-0.39, 0.29) is 0 Å². The second kappa shape index (κ2) is 7.59. The Balaban J connectivity index is 2.28. The SMILES string of the molecule is CC[C@H](O)Cn1nc(-c2ccc(SC)cc2)nc1COC. The number of aliphatic hydroxyl groups excluding tert-OH is 1. The lowest BCUT2D eigenvalue weighted by molar-refractivity contribution is 0.133. The number of rotatable bonds is 7. The molecule has 0 aliphatic heterocycles. The average molecular weight is 307 g/mol. The van der Waals surface area contributed by atoms with Crippen molar-refractivity contribution in [1.82, 2.24) is 14.8 Å². The minimum absolute atomic E-state index is 0.381. The van der Waals surface area contributed by atoms with Gasteiger partial charge in [0.25, 0.3) is 0 Å². The summed E-state index contributed by atoms with van der Waals surface area (Å²) in [4.78, 5) is 5.73. The van der Waals surface area contributed by atoms with E-state index in [1.165, 1.54) is 4.90 Å². The summed E-state index contributed by atoms with van der Waals surface area (Å²) < 4.78 is 6.89. The highest BCUT2D eigenvalue weighted by Gasteiger charge is 2.14. The molecule has 1 heterocycles. The van der Waals surface area contributed by atoms with Gasteiger partial charge in [-0.1, -0.05) is 19.1 Å². The van der Waals surface area contributed by atoms with E-state index in [0.29, 0.717) is 25.4 Å². The maximum absolute atomic E-state index is 9.82. The summed E-state index contributed by atoms with van der Waals surface area (Å²) in [5.41, 5.74) is 0.967. The predicted molar refractivity (Wildman–Crippen MR) is 84.2 cm³/mol. The number of nitrogens with zero attached hydrogens (tertiary/aromatic N) is 3. The molecule has 0 unspecified atom stereocenters. The number of thioether (sulfide) groups is 1. The molecule has 2 rings (SSSR count). The van der Waals surface area contributed by atoms with E-state index in [1.54, 1.807) is 23.6 Å². The van der Waals surface area contributed by atoms with Crippen LogP contribution in [0.4, 0.5) is 0 Å². The molecule has 21 heavy (non-hydrogen) atoms. The molecule has 6 heteroatoms. The van der Waals surface area contributed by atoms with E-state index < -0.39 is 6.10 Å². The number of aromatic nitrogens is 3. The first-order valence-electron chi connectivity index (χ1n) is 6.93. The van der Waals surface area contributed by atoms with Crippen molar-refractivity contribution in [2.24, 2.45) is 0 Å². The number of methoxy groups -OCH3 is 1. The molecule has 0 bridgehead atoms. The molecule has 1 aromatic heterocycles. The van der Waals surface area contributed by atoms with Crippen LogP contribution in [0.3, 0.4) is 0 Å². The highest BCUT2D eigenvalue weighted by molar-refractivity contribution is 7.98. The van der Waals surface area contributed by atoms with Crippen molar-refractivity contribution >= 4 is 11.8 Å². The van der Waals surface area contributed by atoms with Gasteiger partial charge < -0.3 is 9.84 Å². The van der Waals surface area contributed by atoms with Crippen molar-refractivity contribution < 1.29 is 9.84 Å². The molecule has 0 amide bonds. The maximum Gasteiger partial charge on any atom is 0.181 e. The smallest absolute Gasteiger partial charge is 0.181 e. The van der Waals surface area contributed by atoms with Crippen molar-refractivity contribution in [3.8, 4) is 11.4 Å². The van der Waals surface area contributed by atoms with Crippen LogP contribution >= 0.6 is 11.8 Å². The molecule has 1 atom stereocenters. The Bertz CT molecular complexity index is 569. The summed E-state index contributed by atoms with van der Waals surface area (Å²) in [6.07, 6.45) is 2.31. The third kappa shape index (κ3) is 4.06. The Morgan fingerprint density at radius 2 is 2.05 bits per heavy atom. The van der Waals surface area contributed by atoms with Crippen LogP contribution in [-0.2, 0) is 17.9 Å². The van der Waals surface area contributed by atoms with Crippen LogP contribution in [0.15, 0.2) is 29.2 Å². The molecule has 0 aliphatic carbocycles. The van der Waals surface area contributed by atoms with E-state index in [1.807, 2.05) is 25.3 Å². The van der Waals surface area contributed by atoms with Gasteiger partial charge in [0.2, 0.25) is 0 Å². The topological polar surface area (TPSA) is 60.2 Å². The quantitative estimate of drug-likeness (QED) is 0.797. The molecular formula is C15H21N3O2S. The molecule has 0 aliphatic rings. The van der Waals surface area contributed by atoms with Crippen LogP contribution in [-0.4, -0.2) is 39.3 Å². The number of ether oxygens (including phenoxy) is 1. The zero-order valence-corrected chi connectivity index (χ0v) is 13.4. The molecular weight excluding hydrogens is 286 g/mol. The van der Waals surface area contributed by atoms with Gasteiger partial charge >= 0.3 is 0 Å². The first-order valence-corrected chi connectivity index (χ1v) is 8.15. The van der Waals surface area contributed by atoms with Crippen molar-refractivity contribution in [3.63, 3.8) is 0 Å². The van der Waals surface area contributed by atoms with Crippen LogP contribution in [0, 0.1) is 0 Å². The van der Waals surface area contributed by atoms with Gasteiger partial charge in [0.1, 0.15) is 6.61 Å². The molecule has 0 spiro atoms. The zero-order valence-electron chi connectivity index (χ0n) is 12.6. The summed E-state index contributed by atoms with van der Waals surface area (Å²) in [6.45, 7) is 2.76. The Morgan fingerprint density at radius 3 is 2.62 bits per heavy atom. The Hall–Kier alpha value is -1.37. The third-order valence-electron chi connectivity index (χ3n) is 3.22. The highest BCUT2D eigenvalue weighted by atomic mass is 32.2. The lowest BCUT2D eigenvalue weighted by atomic mass is 10.2. The van der Waals surface area contributed by atoms with Crippen LogP contribution in [0.1, 0.15) is 19.2 Å². The summed E-state index contributed by atoms with van der Waals surface area (Å²) in [5, 5.41) is 14.3. The lowest BCUT2D eigenvalue weighted by Gasteiger charge is -2.09. The summed E-state index contributed by atoms with van der Waals surface area (Å²) >= 11 is 1.70. The first-order chi connectivity index (χ1) is 10.2. The number of hydrogen-bond acceptors (Lipinski definition) is 5. The minimum atomic E-state index is -0.422. The standard InChI is InChI=1S/C15H21N3O2S/c1-4-12(19)9-18-14(10-20-2)16-15(17-18)11-5-7-13(21-3)8-6-11/h5-8,12,19H,4,9-10H2,1-3H3/t12-/m0/s1. The second-order valence-corrected chi connectivity index (χ2v) is 5.64. The van der Waals surface area contributed by atoms with Crippen LogP contribution in [0.2, 0.25) is 0 Å². The fourth-order valence-electron chi connectivity index (χ4n) is 1.95. The van der Waals surface area contributed by atoms with E-state index in [0.717, 1.165) is 11.4 Å². The van der Waals surface area contributed by atoms with Gasteiger partial charge in [0.15, 0.2) is 11.6 Å². The molecule has 1 N–H and O–H groups in total. The average Bonchev–Trinajstić information content (AvgIpc) is 2.90. The highest BCUT2D eigenvalue weighted by Crippen LogP contribution is 2.21. The zero-order chi connectivity index (χ0) is 15.2. The molecule has 0 fully saturated rings. The molecule has 0 saturated carbocycles. The molecule has 0 radical (unpaired) electrons. The van der Waals surface area contributed by atoms with Crippen molar-refractivity contribution in [2.45, 2.75) is 37.5 Å². The summed E-state index contributed by atoms with van der Waals surface area (Å²) in [5.74, 6) is 1.40. The van der Waals surface area contributed by atoms with Gasteiger partial charge in [-0.3, -0.25) is 0 Å². The molecule has 1 aromatic carbocycles. The third-order valence-corrected chi connectivity index (χ3v) is 3.97. The van der Waals surface area contributed by atoms with Crippen LogP contribution in [0.25, 0.3) is 11.4 Å². The van der Waals surface area contributed by atoms with Crippen LogP contribution in [0.5, 0.6) is 0 Å². The van der Waals surface area contributed by atoms with E-state index in [4.69, 9.17) is 4.74 Å². The summed E-state index contributed by atoms with van der Waals surface area (Å²) in [7, 11) is 1.63.